The van der Waals surface area contributed by atoms with E-state index in [-0.39, 0.29) is 36.9 Å². The summed E-state index contributed by atoms with van der Waals surface area (Å²) in [6, 6.07) is 9.07. The zero-order chi connectivity index (χ0) is 35.9. The molecular weight excluding hydrogens is 665 g/mol. The minimum atomic E-state index is -0.811. The number of nitrogens with zero attached hydrogens (tertiary/aromatic N) is 4. The molecule has 2 aliphatic heterocycles. The Labute approximate surface area is 303 Å². The average Bonchev–Trinajstić information content (AvgIpc) is 3.73. The van der Waals surface area contributed by atoms with Crippen LogP contribution in [0.25, 0.3) is 33.4 Å². The number of hydrogen-bond acceptors (Lipinski definition) is 9. The third-order valence-electron chi connectivity index (χ3n) is 10.3. The molecule has 3 atom stereocenters. The lowest BCUT2D eigenvalue weighted by Crippen LogP contribution is -2.60. The number of pyridine rings is 1. The quantitative estimate of drug-likeness (QED) is 0.224. The van der Waals surface area contributed by atoms with Gasteiger partial charge in [-0.25, -0.2) is 10.4 Å². The van der Waals surface area contributed by atoms with E-state index < -0.39 is 17.5 Å². The molecule has 1 saturated heterocycles. The van der Waals surface area contributed by atoms with Crippen LogP contribution in [-0.2, 0) is 43.2 Å². The van der Waals surface area contributed by atoms with Crippen LogP contribution in [0.15, 0.2) is 41.9 Å². The molecule has 3 aromatic heterocycles. The number of amides is 2. The van der Waals surface area contributed by atoms with Crippen LogP contribution in [0.4, 0.5) is 0 Å². The minimum absolute atomic E-state index is 0.129. The number of esters is 1. The number of rotatable bonds is 7. The minimum Gasteiger partial charge on any atom is -0.464 e. The monoisotopic (exact) mass is 712 g/mol. The maximum Gasteiger partial charge on any atom is 0.324 e. The molecule has 6 bridgehead atoms. The summed E-state index contributed by atoms with van der Waals surface area (Å²) < 4.78 is 14.2. The summed E-state index contributed by atoms with van der Waals surface area (Å²) in [5.41, 5.74) is 9.70. The topological polar surface area (TPSA) is 128 Å². The predicted molar refractivity (Wildman–Crippen MR) is 197 cm³/mol. The van der Waals surface area contributed by atoms with E-state index in [9.17, 15) is 14.4 Å². The lowest BCUT2D eigenvalue weighted by atomic mass is 9.84. The highest BCUT2D eigenvalue weighted by Crippen LogP contribution is 2.42. The van der Waals surface area contributed by atoms with E-state index in [4.69, 9.17) is 19.4 Å². The number of hydrazine groups is 1. The van der Waals surface area contributed by atoms with Gasteiger partial charge in [0.2, 0.25) is 5.91 Å². The molecule has 1 aliphatic carbocycles. The number of cyclic esters (lactones) is 1. The first-order chi connectivity index (χ1) is 24.5. The summed E-state index contributed by atoms with van der Waals surface area (Å²) in [4.78, 5) is 50.4. The summed E-state index contributed by atoms with van der Waals surface area (Å²) >= 11 is 1.49. The molecule has 1 aromatic carbocycles. The van der Waals surface area contributed by atoms with Crippen molar-refractivity contribution in [2.75, 3.05) is 20.3 Å². The lowest BCUT2D eigenvalue weighted by molar-refractivity contribution is -0.155. The Morgan fingerprint density at radius 2 is 2.04 bits per heavy atom. The van der Waals surface area contributed by atoms with Gasteiger partial charge in [-0.15, -0.1) is 11.3 Å². The SMILES string of the molecule is CCn1c(-c2cccnc2[C@H](C)OC)c2c3cc(ccc31)-c1csc(n1)C[C@H](NC(=O)CC1CC1)C(=O)N1CCC[C@H](N1)C(=O)OCC(C)(C)C2. The van der Waals surface area contributed by atoms with Crippen LogP contribution in [0, 0.1) is 11.3 Å². The van der Waals surface area contributed by atoms with Crippen molar-refractivity contribution < 1.29 is 23.9 Å². The molecule has 7 rings (SSSR count). The van der Waals surface area contributed by atoms with E-state index in [0.717, 1.165) is 69.1 Å². The molecule has 5 heterocycles. The maximum absolute atomic E-state index is 14.0. The Kier molecular flexibility index (Phi) is 10.0. The summed E-state index contributed by atoms with van der Waals surface area (Å²) in [7, 11) is 1.70. The molecule has 11 nitrogen and oxygen atoms in total. The number of nitrogens with one attached hydrogen (secondary N) is 2. The van der Waals surface area contributed by atoms with Gasteiger partial charge >= 0.3 is 5.97 Å². The number of aryl methyl sites for hydroxylation is 1. The van der Waals surface area contributed by atoms with Crippen molar-refractivity contribution in [2.45, 2.75) is 97.4 Å². The lowest BCUT2D eigenvalue weighted by Gasteiger charge is -2.35. The molecule has 0 radical (unpaired) electrons. The number of hydrogen-bond donors (Lipinski definition) is 2. The standard InChI is InChI=1S/C39H48N6O5S/c1-6-44-32-14-13-25-18-27(32)28(36(44)26-9-7-15-40-35(26)23(2)49-5)20-39(3,4)22-50-38(48)29-10-8-16-45(43-29)37(47)30(19-34-42-31(25)21-51-34)41-33(46)17-24-11-12-24/h7,9,13-15,18,21,23-24,29-30,43H,6,8,10-12,16-17,19-20,22H2,1-5H3,(H,41,46)/t23-,29-,30-/m0/s1. The van der Waals surface area contributed by atoms with Gasteiger partial charge in [0.1, 0.15) is 12.1 Å². The molecule has 2 N–H and O–H groups in total. The van der Waals surface area contributed by atoms with Gasteiger partial charge in [-0.2, -0.15) is 0 Å². The second kappa shape index (κ2) is 14.5. The van der Waals surface area contributed by atoms with Gasteiger partial charge in [0.15, 0.2) is 0 Å². The van der Waals surface area contributed by atoms with Crippen molar-refractivity contribution in [1.29, 1.82) is 0 Å². The van der Waals surface area contributed by atoms with Gasteiger partial charge in [0, 0.05) is 72.1 Å². The van der Waals surface area contributed by atoms with Crippen molar-refractivity contribution in [2.24, 2.45) is 11.3 Å². The van der Waals surface area contributed by atoms with Crippen molar-refractivity contribution in [1.82, 2.24) is 30.3 Å². The Morgan fingerprint density at radius 3 is 2.80 bits per heavy atom. The molecule has 3 aliphatic rings. The van der Waals surface area contributed by atoms with Gasteiger partial charge in [-0.05, 0) is 81.7 Å². The molecule has 4 aromatic rings. The fourth-order valence-electron chi connectivity index (χ4n) is 7.40. The highest BCUT2D eigenvalue weighted by atomic mass is 32.1. The number of benzene rings is 1. The first-order valence-electron chi connectivity index (χ1n) is 18.2. The number of thiazole rings is 1. The normalized spacial score (nSPS) is 21.6. The van der Waals surface area contributed by atoms with Crippen molar-refractivity contribution in [3.63, 3.8) is 0 Å². The fraction of sp³-hybridized carbons (Fsp3) is 0.513. The second-order valence-electron chi connectivity index (χ2n) is 15.0. The summed E-state index contributed by atoms with van der Waals surface area (Å²) in [6.07, 6.45) is 6.17. The Balaban J connectivity index is 1.35. The number of methoxy groups -OCH3 is 1. The third kappa shape index (κ3) is 7.45. The van der Waals surface area contributed by atoms with Gasteiger partial charge < -0.3 is 19.4 Å². The van der Waals surface area contributed by atoms with E-state index in [1.54, 1.807) is 13.3 Å². The Bertz CT molecular complexity index is 1950. The van der Waals surface area contributed by atoms with Crippen LogP contribution in [0.1, 0.15) is 82.2 Å². The Morgan fingerprint density at radius 1 is 1.22 bits per heavy atom. The average molecular weight is 713 g/mol. The molecule has 0 unspecified atom stereocenters. The predicted octanol–water partition coefficient (Wildman–Crippen LogP) is 6.00. The summed E-state index contributed by atoms with van der Waals surface area (Å²) in [5, 5.41) is 8.39. The van der Waals surface area contributed by atoms with Crippen LogP contribution in [0.3, 0.4) is 0 Å². The van der Waals surface area contributed by atoms with Gasteiger partial charge in [0.25, 0.3) is 5.91 Å². The zero-order valence-electron chi connectivity index (χ0n) is 30.2. The number of ether oxygens (including phenoxy) is 2. The fourth-order valence-corrected chi connectivity index (χ4v) is 8.25. The first kappa shape index (κ1) is 35.3. The highest BCUT2D eigenvalue weighted by Gasteiger charge is 2.36. The van der Waals surface area contributed by atoms with Crippen LogP contribution < -0.4 is 10.7 Å². The molecule has 12 heteroatoms. The molecular formula is C39H48N6O5S. The molecule has 270 valence electrons. The second-order valence-corrected chi connectivity index (χ2v) is 15.9. The van der Waals surface area contributed by atoms with E-state index in [0.29, 0.717) is 38.1 Å². The third-order valence-corrected chi connectivity index (χ3v) is 11.2. The van der Waals surface area contributed by atoms with Crippen LogP contribution >= 0.6 is 11.3 Å². The zero-order valence-corrected chi connectivity index (χ0v) is 31.0. The largest absolute Gasteiger partial charge is 0.464 e. The number of carbonyl (C=O) groups is 3. The Hall–Kier alpha value is -4.13. The van der Waals surface area contributed by atoms with E-state index in [2.05, 4.69) is 60.3 Å². The molecule has 2 fully saturated rings. The van der Waals surface area contributed by atoms with E-state index in [1.807, 2.05) is 18.4 Å². The summed E-state index contributed by atoms with van der Waals surface area (Å²) in [5.74, 6) is -0.399. The van der Waals surface area contributed by atoms with Gasteiger partial charge in [-0.3, -0.25) is 24.4 Å². The molecule has 1 saturated carbocycles. The molecule has 0 spiro atoms. The number of aromatic nitrogens is 3. The van der Waals surface area contributed by atoms with E-state index >= 15 is 0 Å². The first-order valence-corrected chi connectivity index (χ1v) is 19.0. The van der Waals surface area contributed by atoms with Crippen LogP contribution in [0.2, 0.25) is 0 Å². The van der Waals surface area contributed by atoms with Crippen molar-refractivity contribution in [3.05, 3.63) is 58.2 Å². The van der Waals surface area contributed by atoms with Gasteiger partial charge in [-0.1, -0.05) is 19.9 Å². The molecule has 51 heavy (non-hydrogen) atoms. The summed E-state index contributed by atoms with van der Waals surface area (Å²) in [6.45, 7) is 9.77. The molecule has 2 amide bonds. The number of fused-ring (bicyclic) bond motifs is 6. The van der Waals surface area contributed by atoms with Gasteiger partial charge in [0.05, 0.1) is 34.8 Å². The highest BCUT2D eigenvalue weighted by molar-refractivity contribution is 7.10. The van der Waals surface area contributed by atoms with Crippen molar-refractivity contribution >= 4 is 40.0 Å². The smallest absolute Gasteiger partial charge is 0.324 e. The van der Waals surface area contributed by atoms with Crippen molar-refractivity contribution in [3.8, 4) is 22.5 Å². The van der Waals surface area contributed by atoms with Crippen LogP contribution in [0.5, 0.6) is 0 Å². The maximum atomic E-state index is 14.0. The number of carbonyl (C=O) groups excluding carboxylic acids is 3. The van der Waals surface area contributed by atoms with Crippen LogP contribution in [-0.4, -0.2) is 69.7 Å². The van der Waals surface area contributed by atoms with E-state index in [1.165, 1.54) is 16.3 Å².